The largest absolute Gasteiger partial charge is 0.365 e. The van der Waals surface area contributed by atoms with Gasteiger partial charge in [-0.05, 0) is 61.7 Å². The van der Waals surface area contributed by atoms with Crippen LogP contribution in [0.4, 0.5) is 10.2 Å². The van der Waals surface area contributed by atoms with Crippen molar-refractivity contribution in [2.75, 3.05) is 5.32 Å². The molecule has 4 aromatic rings. The first-order chi connectivity index (χ1) is 14.9. The minimum atomic E-state index is -0.290. The SMILES string of the molecule is Cc1nc(NCc2ccc(C(=O)NCc3ccc(F)cc3)cc2)c2c(C)c(C)sc2n1. The molecule has 1 amide bonds. The molecule has 0 saturated heterocycles. The van der Waals surface area contributed by atoms with E-state index in [1.807, 2.05) is 19.1 Å². The maximum absolute atomic E-state index is 13.0. The van der Waals surface area contributed by atoms with Crippen LogP contribution in [0.1, 0.15) is 37.7 Å². The molecule has 0 unspecified atom stereocenters. The van der Waals surface area contributed by atoms with Crippen LogP contribution in [0.5, 0.6) is 0 Å². The molecule has 0 atom stereocenters. The second-order valence-corrected chi connectivity index (χ2v) is 8.65. The van der Waals surface area contributed by atoms with E-state index in [-0.39, 0.29) is 11.7 Å². The van der Waals surface area contributed by atoms with Crippen LogP contribution in [0.2, 0.25) is 0 Å². The molecule has 0 radical (unpaired) electrons. The van der Waals surface area contributed by atoms with E-state index in [0.717, 1.165) is 33.0 Å². The fourth-order valence-corrected chi connectivity index (χ4v) is 4.41. The number of aryl methyl sites for hydroxylation is 3. The molecule has 0 aliphatic heterocycles. The van der Waals surface area contributed by atoms with Gasteiger partial charge >= 0.3 is 0 Å². The number of nitrogens with one attached hydrogen (secondary N) is 2. The molecule has 0 spiro atoms. The standard InChI is InChI=1S/C24H23FN4OS/c1-14-15(2)31-24-21(14)22(28-16(3)29-24)26-12-17-4-8-19(9-5-17)23(30)27-13-18-6-10-20(25)11-7-18/h4-11H,12-13H2,1-3H3,(H,27,30)(H,26,28,29). The van der Waals surface area contributed by atoms with Gasteiger partial charge in [0, 0.05) is 23.5 Å². The number of hydrogen-bond acceptors (Lipinski definition) is 5. The van der Waals surface area contributed by atoms with Gasteiger partial charge in [-0.3, -0.25) is 4.79 Å². The second-order valence-electron chi connectivity index (χ2n) is 7.44. The van der Waals surface area contributed by atoms with Gasteiger partial charge in [-0.15, -0.1) is 11.3 Å². The molecule has 2 aromatic heterocycles. The lowest BCUT2D eigenvalue weighted by Crippen LogP contribution is -2.22. The molecule has 2 heterocycles. The fourth-order valence-electron chi connectivity index (χ4n) is 3.33. The summed E-state index contributed by atoms with van der Waals surface area (Å²) in [5.74, 6) is 1.12. The third-order valence-electron chi connectivity index (χ3n) is 5.18. The van der Waals surface area contributed by atoms with Gasteiger partial charge in [0.25, 0.3) is 5.91 Å². The van der Waals surface area contributed by atoms with Crippen molar-refractivity contribution >= 4 is 33.3 Å². The Kier molecular flexibility index (Phi) is 5.95. The molecule has 2 N–H and O–H groups in total. The summed E-state index contributed by atoms with van der Waals surface area (Å²) in [7, 11) is 0. The first-order valence-electron chi connectivity index (χ1n) is 10.0. The number of aromatic nitrogens is 2. The monoisotopic (exact) mass is 434 g/mol. The van der Waals surface area contributed by atoms with Crippen LogP contribution in [-0.4, -0.2) is 15.9 Å². The molecule has 0 bridgehead atoms. The number of fused-ring (bicyclic) bond motifs is 1. The summed E-state index contributed by atoms with van der Waals surface area (Å²) in [6.07, 6.45) is 0. The number of amides is 1. The summed E-state index contributed by atoms with van der Waals surface area (Å²) in [5.41, 5.74) is 3.68. The van der Waals surface area contributed by atoms with Gasteiger partial charge in [-0.1, -0.05) is 24.3 Å². The smallest absolute Gasteiger partial charge is 0.251 e. The highest BCUT2D eigenvalue weighted by molar-refractivity contribution is 7.18. The van der Waals surface area contributed by atoms with Crippen LogP contribution < -0.4 is 10.6 Å². The third-order valence-corrected chi connectivity index (χ3v) is 6.28. The van der Waals surface area contributed by atoms with Crippen LogP contribution in [0, 0.1) is 26.6 Å². The topological polar surface area (TPSA) is 66.9 Å². The molecular formula is C24H23FN4OS. The lowest BCUT2D eigenvalue weighted by atomic mass is 10.1. The maximum atomic E-state index is 13.0. The molecule has 0 aliphatic rings. The fraction of sp³-hybridized carbons (Fsp3) is 0.208. The average molecular weight is 435 g/mol. The zero-order chi connectivity index (χ0) is 22.0. The van der Waals surface area contributed by atoms with Crippen molar-refractivity contribution in [1.29, 1.82) is 0 Å². The van der Waals surface area contributed by atoms with Gasteiger partial charge in [0.15, 0.2) is 0 Å². The Hall–Kier alpha value is -3.32. The van der Waals surface area contributed by atoms with E-state index in [4.69, 9.17) is 0 Å². The van der Waals surface area contributed by atoms with Gasteiger partial charge in [0.1, 0.15) is 22.3 Å². The van der Waals surface area contributed by atoms with Crippen molar-refractivity contribution in [2.24, 2.45) is 0 Å². The van der Waals surface area contributed by atoms with Crippen LogP contribution in [0.25, 0.3) is 10.2 Å². The number of hydrogen-bond donors (Lipinski definition) is 2. The van der Waals surface area contributed by atoms with Gasteiger partial charge in [0.2, 0.25) is 0 Å². The van der Waals surface area contributed by atoms with Crippen molar-refractivity contribution in [1.82, 2.24) is 15.3 Å². The van der Waals surface area contributed by atoms with Crippen molar-refractivity contribution in [2.45, 2.75) is 33.9 Å². The molecule has 31 heavy (non-hydrogen) atoms. The minimum absolute atomic E-state index is 0.165. The van der Waals surface area contributed by atoms with E-state index in [1.165, 1.54) is 22.6 Å². The number of carbonyl (C=O) groups is 1. The van der Waals surface area contributed by atoms with Crippen molar-refractivity contribution in [3.63, 3.8) is 0 Å². The molecule has 2 aromatic carbocycles. The first-order valence-corrected chi connectivity index (χ1v) is 10.8. The Bertz CT molecular complexity index is 1230. The van der Waals surface area contributed by atoms with E-state index in [1.54, 1.807) is 35.6 Å². The zero-order valence-electron chi connectivity index (χ0n) is 17.6. The number of halogens is 1. The normalized spacial score (nSPS) is 11.0. The molecular weight excluding hydrogens is 411 g/mol. The summed E-state index contributed by atoms with van der Waals surface area (Å²) in [4.78, 5) is 23.8. The molecule has 0 saturated carbocycles. The number of benzene rings is 2. The Morgan fingerprint density at radius 1 is 0.935 bits per heavy atom. The number of nitrogens with zero attached hydrogens (tertiary/aromatic N) is 2. The summed E-state index contributed by atoms with van der Waals surface area (Å²) in [6.45, 7) is 7.04. The van der Waals surface area contributed by atoms with Crippen LogP contribution in [0.15, 0.2) is 48.5 Å². The lowest BCUT2D eigenvalue weighted by Gasteiger charge is -2.10. The quantitative estimate of drug-likeness (QED) is 0.432. The third kappa shape index (κ3) is 4.72. The van der Waals surface area contributed by atoms with E-state index in [0.29, 0.717) is 18.7 Å². The molecule has 4 rings (SSSR count). The van der Waals surface area contributed by atoms with Crippen LogP contribution in [0.3, 0.4) is 0 Å². The number of carbonyl (C=O) groups excluding carboxylic acids is 1. The molecule has 0 aliphatic carbocycles. The van der Waals surface area contributed by atoms with E-state index >= 15 is 0 Å². The second kappa shape index (κ2) is 8.81. The van der Waals surface area contributed by atoms with Crippen LogP contribution >= 0.6 is 11.3 Å². The van der Waals surface area contributed by atoms with E-state index in [9.17, 15) is 9.18 Å². The minimum Gasteiger partial charge on any atom is -0.365 e. The summed E-state index contributed by atoms with van der Waals surface area (Å²) in [6, 6.07) is 13.5. The molecule has 5 nitrogen and oxygen atoms in total. The van der Waals surface area contributed by atoms with Crippen LogP contribution in [-0.2, 0) is 13.1 Å². The Morgan fingerprint density at radius 2 is 1.58 bits per heavy atom. The number of thiophene rings is 1. The Morgan fingerprint density at radius 3 is 2.29 bits per heavy atom. The van der Waals surface area contributed by atoms with Gasteiger partial charge in [-0.2, -0.15) is 0 Å². The summed E-state index contributed by atoms with van der Waals surface area (Å²) in [5, 5.41) is 7.35. The maximum Gasteiger partial charge on any atom is 0.251 e. The van der Waals surface area contributed by atoms with Gasteiger partial charge in [0.05, 0.1) is 5.39 Å². The summed E-state index contributed by atoms with van der Waals surface area (Å²) < 4.78 is 13.0. The first kappa shape index (κ1) is 20.9. The highest BCUT2D eigenvalue weighted by Gasteiger charge is 2.13. The van der Waals surface area contributed by atoms with Gasteiger partial charge in [-0.25, -0.2) is 14.4 Å². The molecule has 0 fully saturated rings. The van der Waals surface area contributed by atoms with Crippen molar-refractivity contribution in [3.8, 4) is 0 Å². The highest BCUT2D eigenvalue weighted by Crippen LogP contribution is 2.33. The zero-order valence-corrected chi connectivity index (χ0v) is 18.4. The Balaban J connectivity index is 1.40. The number of rotatable bonds is 6. The van der Waals surface area contributed by atoms with Crippen molar-refractivity contribution < 1.29 is 9.18 Å². The predicted octanol–water partition coefficient (Wildman–Crippen LogP) is 5.30. The molecule has 7 heteroatoms. The predicted molar refractivity (Wildman–Crippen MR) is 123 cm³/mol. The molecule has 158 valence electrons. The highest BCUT2D eigenvalue weighted by atomic mass is 32.1. The Labute approximate surface area is 184 Å². The average Bonchev–Trinajstić information content (AvgIpc) is 3.05. The van der Waals surface area contributed by atoms with Crippen molar-refractivity contribution in [3.05, 3.63) is 87.3 Å². The summed E-state index contributed by atoms with van der Waals surface area (Å²) >= 11 is 1.68. The lowest BCUT2D eigenvalue weighted by molar-refractivity contribution is 0.0951. The van der Waals surface area contributed by atoms with Gasteiger partial charge < -0.3 is 10.6 Å². The number of anilines is 1. The van der Waals surface area contributed by atoms with E-state index < -0.39 is 0 Å². The van der Waals surface area contributed by atoms with E-state index in [2.05, 4.69) is 34.4 Å².